The SMILES string of the molecule is Cc1ccc([N+](=O)[O-])cc1S(=O)(=O)NCCCN1CCCC1. The molecule has 1 aromatic rings. The van der Waals surface area contributed by atoms with Gasteiger partial charge in [-0.15, -0.1) is 0 Å². The molecule has 0 atom stereocenters. The number of aryl methyl sites for hydroxylation is 1. The van der Waals surface area contributed by atoms with Gasteiger partial charge in [-0.25, -0.2) is 13.1 Å². The van der Waals surface area contributed by atoms with E-state index in [1.54, 1.807) is 6.92 Å². The minimum Gasteiger partial charge on any atom is -0.303 e. The number of nitro groups is 1. The Hall–Kier alpha value is -1.51. The number of rotatable bonds is 7. The van der Waals surface area contributed by atoms with Crippen molar-refractivity contribution in [2.24, 2.45) is 0 Å². The van der Waals surface area contributed by atoms with E-state index < -0.39 is 14.9 Å². The maximum absolute atomic E-state index is 12.3. The molecule has 0 amide bonds. The van der Waals surface area contributed by atoms with Crippen molar-refractivity contribution in [1.82, 2.24) is 9.62 Å². The lowest BCUT2D eigenvalue weighted by atomic mass is 10.2. The van der Waals surface area contributed by atoms with Gasteiger partial charge in [0.2, 0.25) is 10.0 Å². The first-order valence-electron chi connectivity index (χ1n) is 7.37. The summed E-state index contributed by atoms with van der Waals surface area (Å²) in [6.45, 7) is 4.99. The van der Waals surface area contributed by atoms with Crippen molar-refractivity contribution in [3.05, 3.63) is 33.9 Å². The lowest BCUT2D eigenvalue weighted by Gasteiger charge is -2.14. The lowest BCUT2D eigenvalue weighted by Crippen LogP contribution is -2.29. The Bertz CT molecular complexity index is 639. The Morgan fingerprint density at radius 1 is 1.32 bits per heavy atom. The molecule has 1 saturated heterocycles. The number of hydrogen-bond acceptors (Lipinski definition) is 5. The second-order valence-electron chi connectivity index (χ2n) is 5.51. The van der Waals surface area contributed by atoms with Gasteiger partial charge in [0, 0.05) is 18.7 Å². The summed E-state index contributed by atoms with van der Waals surface area (Å²) in [6, 6.07) is 3.87. The molecule has 1 heterocycles. The van der Waals surface area contributed by atoms with Crippen molar-refractivity contribution < 1.29 is 13.3 Å². The van der Waals surface area contributed by atoms with Crippen LogP contribution >= 0.6 is 0 Å². The molecular weight excluding hydrogens is 306 g/mol. The van der Waals surface area contributed by atoms with Crippen LogP contribution in [0.5, 0.6) is 0 Å². The average molecular weight is 327 g/mol. The Balaban J connectivity index is 1.97. The van der Waals surface area contributed by atoms with E-state index in [1.165, 1.54) is 25.0 Å². The second-order valence-corrected chi connectivity index (χ2v) is 7.24. The van der Waals surface area contributed by atoms with Gasteiger partial charge in [-0.05, 0) is 51.4 Å². The largest absolute Gasteiger partial charge is 0.303 e. The fourth-order valence-electron chi connectivity index (χ4n) is 2.59. The molecule has 0 radical (unpaired) electrons. The van der Waals surface area contributed by atoms with Crippen LogP contribution in [0.1, 0.15) is 24.8 Å². The molecule has 22 heavy (non-hydrogen) atoms. The zero-order valence-electron chi connectivity index (χ0n) is 12.6. The van der Waals surface area contributed by atoms with Gasteiger partial charge in [-0.3, -0.25) is 10.1 Å². The van der Waals surface area contributed by atoms with E-state index in [1.807, 2.05) is 0 Å². The van der Waals surface area contributed by atoms with E-state index in [0.29, 0.717) is 12.1 Å². The number of sulfonamides is 1. The number of nitro benzene ring substituents is 1. The van der Waals surface area contributed by atoms with Crippen LogP contribution in [0.2, 0.25) is 0 Å². The summed E-state index contributed by atoms with van der Waals surface area (Å²) in [5.74, 6) is 0. The van der Waals surface area contributed by atoms with Gasteiger partial charge in [0.1, 0.15) is 0 Å². The second kappa shape index (κ2) is 7.17. The molecule has 1 fully saturated rings. The minimum absolute atomic E-state index is 0.0251. The fraction of sp³-hybridized carbons (Fsp3) is 0.571. The van der Waals surface area contributed by atoms with Crippen molar-refractivity contribution in [3.63, 3.8) is 0 Å². The van der Waals surface area contributed by atoms with Gasteiger partial charge in [-0.2, -0.15) is 0 Å². The molecule has 2 rings (SSSR count). The molecule has 1 aromatic carbocycles. The molecule has 7 nitrogen and oxygen atoms in total. The molecule has 1 aliphatic heterocycles. The van der Waals surface area contributed by atoms with E-state index in [4.69, 9.17) is 0 Å². The number of nitrogens with one attached hydrogen (secondary N) is 1. The predicted octanol–water partition coefficient (Wildman–Crippen LogP) is 1.67. The van der Waals surface area contributed by atoms with Crippen LogP contribution in [0.3, 0.4) is 0 Å². The molecule has 1 aliphatic rings. The first kappa shape index (κ1) is 16.9. The quantitative estimate of drug-likeness (QED) is 0.467. The number of nitrogens with zero attached hydrogens (tertiary/aromatic N) is 2. The summed E-state index contributed by atoms with van der Waals surface area (Å²) in [6.07, 6.45) is 3.14. The molecule has 0 aromatic heterocycles. The third-order valence-electron chi connectivity index (χ3n) is 3.81. The van der Waals surface area contributed by atoms with Gasteiger partial charge in [0.15, 0.2) is 0 Å². The van der Waals surface area contributed by atoms with Crippen LogP contribution in [-0.4, -0.2) is 44.4 Å². The van der Waals surface area contributed by atoms with E-state index >= 15 is 0 Å². The van der Waals surface area contributed by atoms with Gasteiger partial charge in [0.25, 0.3) is 5.69 Å². The standard InChI is InChI=1S/C14H21N3O4S/c1-12-5-6-13(17(18)19)11-14(12)22(20,21)15-7-4-10-16-8-2-3-9-16/h5-6,11,15H,2-4,7-10H2,1H3. The summed E-state index contributed by atoms with van der Waals surface area (Å²) in [4.78, 5) is 12.5. The maximum atomic E-state index is 12.3. The van der Waals surface area contributed by atoms with Gasteiger partial charge < -0.3 is 4.90 Å². The highest BCUT2D eigenvalue weighted by molar-refractivity contribution is 7.89. The van der Waals surface area contributed by atoms with Crippen LogP contribution in [0.25, 0.3) is 0 Å². The highest BCUT2D eigenvalue weighted by atomic mass is 32.2. The number of non-ortho nitro benzene ring substituents is 1. The molecule has 0 spiro atoms. The van der Waals surface area contributed by atoms with Crippen molar-refractivity contribution >= 4 is 15.7 Å². The van der Waals surface area contributed by atoms with Crippen molar-refractivity contribution in [3.8, 4) is 0 Å². The maximum Gasteiger partial charge on any atom is 0.270 e. The van der Waals surface area contributed by atoms with Crippen LogP contribution in [0, 0.1) is 17.0 Å². The van der Waals surface area contributed by atoms with Gasteiger partial charge >= 0.3 is 0 Å². The third kappa shape index (κ3) is 4.25. The third-order valence-corrected chi connectivity index (χ3v) is 5.42. The molecule has 122 valence electrons. The molecular formula is C14H21N3O4S. The summed E-state index contributed by atoms with van der Waals surface area (Å²) >= 11 is 0. The zero-order chi connectivity index (χ0) is 16.2. The number of hydrogen-bond donors (Lipinski definition) is 1. The van der Waals surface area contributed by atoms with E-state index in [9.17, 15) is 18.5 Å². The highest BCUT2D eigenvalue weighted by Gasteiger charge is 2.20. The summed E-state index contributed by atoms with van der Waals surface area (Å²) in [5.41, 5.74) is 0.278. The first-order valence-corrected chi connectivity index (χ1v) is 8.85. The smallest absolute Gasteiger partial charge is 0.270 e. The topological polar surface area (TPSA) is 92.5 Å². The molecule has 0 aliphatic carbocycles. The van der Waals surface area contributed by atoms with Crippen molar-refractivity contribution in [1.29, 1.82) is 0 Å². The minimum atomic E-state index is -3.72. The highest BCUT2D eigenvalue weighted by Crippen LogP contribution is 2.21. The van der Waals surface area contributed by atoms with Crippen LogP contribution in [0.4, 0.5) is 5.69 Å². The zero-order valence-corrected chi connectivity index (χ0v) is 13.4. The lowest BCUT2D eigenvalue weighted by molar-refractivity contribution is -0.385. The Labute approximate surface area is 130 Å². The van der Waals surface area contributed by atoms with Crippen molar-refractivity contribution in [2.45, 2.75) is 31.1 Å². The van der Waals surface area contributed by atoms with E-state index in [-0.39, 0.29) is 10.6 Å². The Morgan fingerprint density at radius 3 is 2.64 bits per heavy atom. The van der Waals surface area contributed by atoms with Gasteiger partial charge in [-0.1, -0.05) is 6.07 Å². The van der Waals surface area contributed by atoms with Crippen LogP contribution in [0.15, 0.2) is 23.1 Å². The van der Waals surface area contributed by atoms with Crippen LogP contribution < -0.4 is 4.72 Å². The predicted molar refractivity (Wildman–Crippen MR) is 83.3 cm³/mol. The summed E-state index contributed by atoms with van der Waals surface area (Å²) in [7, 11) is -3.72. The number of likely N-dealkylation sites (tertiary alicyclic amines) is 1. The Morgan fingerprint density at radius 2 is 2.00 bits per heavy atom. The van der Waals surface area contributed by atoms with Crippen molar-refractivity contribution in [2.75, 3.05) is 26.2 Å². The van der Waals surface area contributed by atoms with Crippen LogP contribution in [-0.2, 0) is 10.0 Å². The summed E-state index contributed by atoms with van der Waals surface area (Å²) in [5, 5.41) is 10.8. The Kier molecular flexibility index (Phi) is 5.49. The molecule has 1 N–H and O–H groups in total. The first-order chi connectivity index (χ1) is 10.4. The summed E-state index contributed by atoms with van der Waals surface area (Å²) < 4.78 is 27.1. The van der Waals surface area contributed by atoms with E-state index in [2.05, 4.69) is 9.62 Å². The normalized spacial score (nSPS) is 16.0. The number of benzene rings is 1. The average Bonchev–Trinajstić information content (AvgIpc) is 2.97. The van der Waals surface area contributed by atoms with Gasteiger partial charge in [0.05, 0.1) is 9.82 Å². The fourth-order valence-corrected chi connectivity index (χ4v) is 3.92. The molecule has 0 unspecified atom stereocenters. The monoisotopic (exact) mass is 327 g/mol. The molecule has 8 heteroatoms. The molecule has 0 saturated carbocycles. The van der Waals surface area contributed by atoms with E-state index in [0.717, 1.165) is 32.1 Å². The molecule has 0 bridgehead atoms.